The first kappa shape index (κ1) is 80.4. The standard InChI is InChI=1S/C26H38O6.C26H40O5.C26H42O4/c1-25(2,23(29)30)15-5-7-17-9-11-19(21(17)27)13-14-20-12-10-18(22(20)28)8-6-16-26(3,4)24(31)32;1-25(2,17-27)15-5-7-18-9-11-20(22(18)28)13-14-21-12-10-19(23(21)29)8-6-16-26(3,4)24(30)31;1-25(2,17-27)15-5-7-19-9-11-21(23(19)29)13-14-22-12-10-20(24(22)30)8-6-16-26(3,4)18-28/h9-12,21-22,27-28H,5-8,13-16H2,1-4H3,(H,29,30)(H,31,32);9-12,22-23,27-29H,5-8,13-17H2,1-4H3,(H,30,31);9-12,23-24,27-30H,5-8,13-18H2,1-4H3. The van der Waals surface area contributed by atoms with Gasteiger partial charge in [0.05, 0.1) is 52.9 Å². The van der Waals surface area contributed by atoms with Gasteiger partial charge in [-0.15, -0.1) is 0 Å². The molecule has 0 aromatic heterocycles. The first-order chi connectivity index (χ1) is 43.4. The molecule has 522 valence electrons. The zero-order valence-corrected chi connectivity index (χ0v) is 58.6. The highest BCUT2D eigenvalue weighted by molar-refractivity contribution is 5.74. The summed E-state index contributed by atoms with van der Waals surface area (Å²) in [6.07, 6.45) is 38.7. The average molecular weight is 1300 g/mol. The van der Waals surface area contributed by atoms with Crippen molar-refractivity contribution in [3.05, 3.63) is 140 Å². The molecular formula is C78H120O15. The third-order valence-corrected chi connectivity index (χ3v) is 20.2. The number of hydrogen-bond donors (Lipinski definition) is 12. The predicted molar refractivity (Wildman–Crippen MR) is 371 cm³/mol. The van der Waals surface area contributed by atoms with Gasteiger partial charge in [-0.2, -0.15) is 0 Å². The Kier molecular flexibility index (Phi) is 31.4. The molecule has 0 saturated heterocycles. The normalized spacial score (nSPS) is 21.6. The Balaban J connectivity index is 0.000000297. The summed E-state index contributed by atoms with van der Waals surface area (Å²) in [7, 11) is 0. The highest BCUT2D eigenvalue weighted by Crippen LogP contribution is 2.39. The maximum atomic E-state index is 11.2. The van der Waals surface area contributed by atoms with Crippen molar-refractivity contribution < 1.29 is 75.7 Å². The minimum Gasteiger partial charge on any atom is -0.481 e. The van der Waals surface area contributed by atoms with Gasteiger partial charge in [-0.05, 0) is 279 Å². The Bertz CT molecular complexity index is 2790. The van der Waals surface area contributed by atoms with Gasteiger partial charge in [0.2, 0.25) is 0 Å². The third kappa shape index (κ3) is 25.5. The van der Waals surface area contributed by atoms with Crippen molar-refractivity contribution in [2.75, 3.05) is 19.8 Å². The van der Waals surface area contributed by atoms with E-state index in [9.17, 15) is 75.7 Å². The van der Waals surface area contributed by atoms with E-state index in [4.69, 9.17) is 0 Å². The first-order valence-electron chi connectivity index (χ1n) is 34.4. The minimum absolute atomic E-state index is 0.0655. The Hall–Kier alpha value is -5.07. The summed E-state index contributed by atoms with van der Waals surface area (Å²) in [5, 5.41) is 120. The van der Waals surface area contributed by atoms with Crippen LogP contribution in [0.5, 0.6) is 0 Å². The van der Waals surface area contributed by atoms with Crippen LogP contribution >= 0.6 is 0 Å². The second-order valence-electron chi connectivity index (χ2n) is 31.5. The number of hydrogen-bond acceptors (Lipinski definition) is 12. The summed E-state index contributed by atoms with van der Waals surface area (Å²) in [6, 6.07) is 0. The summed E-state index contributed by atoms with van der Waals surface area (Å²) in [5.41, 5.74) is 9.28. The molecule has 0 amide bonds. The van der Waals surface area contributed by atoms with E-state index in [1.165, 1.54) is 0 Å². The Labute approximate surface area is 557 Å². The number of aliphatic hydroxyl groups is 9. The zero-order chi connectivity index (χ0) is 69.7. The number of carboxylic acid groups (broad SMARTS) is 3. The molecule has 6 unspecified atom stereocenters. The highest BCUT2D eigenvalue weighted by Gasteiger charge is 2.33. The topological polar surface area (TPSA) is 294 Å². The van der Waals surface area contributed by atoms with E-state index in [0.717, 1.165) is 144 Å². The van der Waals surface area contributed by atoms with E-state index in [2.05, 4.69) is 27.7 Å². The van der Waals surface area contributed by atoms with Crippen LogP contribution < -0.4 is 0 Å². The van der Waals surface area contributed by atoms with Crippen molar-refractivity contribution in [2.45, 2.75) is 274 Å². The van der Waals surface area contributed by atoms with Crippen molar-refractivity contribution in [3.63, 3.8) is 0 Å². The van der Waals surface area contributed by atoms with Gasteiger partial charge in [0.15, 0.2) is 0 Å². The van der Waals surface area contributed by atoms with Gasteiger partial charge < -0.3 is 61.3 Å². The number of carbonyl (C=O) groups is 3. The van der Waals surface area contributed by atoms with Crippen LogP contribution in [0, 0.1) is 32.5 Å². The molecule has 0 heterocycles. The fourth-order valence-corrected chi connectivity index (χ4v) is 12.4. The van der Waals surface area contributed by atoms with Gasteiger partial charge in [-0.3, -0.25) is 14.4 Å². The molecule has 0 saturated carbocycles. The predicted octanol–water partition coefficient (Wildman–Crippen LogP) is 14.1. The lowest BCUT2D eigenvalue weighted by Gasteiger charge is -2.22. The van der Waals surface area contributed by atoms with Crippen LogP contribution in [0.1, 0.15) is 237 Å². The van der Waals surface area contributed by atoms with Crippen LogP contribution in [0.25, 0.3) is 0 Å². The number of aliphatic carboxylic acids is 3. The molecule has 15 heteroatoms. The number of allylic oxidation sites excluding steroid dienone is 12. The van der Waals surface area contributed by atoms with Crippen LogP contribution in [-0.4, -0.2) is 136 Å². The summed E-state index contributed by atoms with van der Waals surface area (Å²) in [6.45, 7) is 23.2. The highest BCUT2D eigenvalue weighted by atomic mass is 16.4. The van der Waals surface area contributed by atoms with Gasteiger partial charge in [-0.25, -0.2) is 0 Å². The molecule has 0 bridgehead atoms. The van der Waals surface area contributed by atoms with Crippen LogP contribution in [-0.2, 0) is 14.4 Å². The lowest BCUT2D eigenvalue weighted by molar-refractivity contribution is -0.148. The maximum absolute atomic E-state index is 11.2. The monoisotopic (exact) mass is 1300 g/mol. The molecule has 6 aliphatic carbocycles. The Morgan fingerprint density at radius 3 is 0.516 bits per heavy atom. The van der Waals surface area contributed by atoms with Gasteiger partial charge in [0, 0.05) is 19.8 Å². The number of aliphatic hydroxyl groups excluding tert-OH is 9. The maximum Gasteiger partial charge on any atom is 0.309 e. The fraction of sp³-hybridized carbons (Fsp3) is 0.654. The Morgan fingerprint density at radius 2 is 0.387 bits per heavy atom. The molecule has 15 nitrogen and oxygen atoms in total. The minimum atomic E-state index is -0.806. The SMILES string of the molecule is CC(C)(CCCC1=CC=C(CCC2=CC=C(CCCC(C)(C)C(=O)O)C2O)C1O)C(=O)O.CC(C)(CO)CCCC1=CC=C(CCC2=CC=C(CCCC(C)(C)C(=O)O)C2O)C1O.CC(C)(CO)CCCC1=CC=C(CCC2=CC=C(CCCC(C)(C)CO)C2O)C1O. The molecule has 6 rings (SSSR count). The van der Waals surface area contributed by atoms with Gasteiger partial charge in [0.1, 0.15) is 0 Å². The zero-order valence-electron chi connectivity index (χ0n) is 58.6. The molecule has 93 heavy (non-hydrogen) atoms. The van der Waals surface area contributed by atoms with E-state index in [0.29, 0.717) is 77.0 Å². The molecule has 0 aliphatic heterocycles. The smallest absolute Gasteiger partial charge is 0.309 e. The lowest BCUT2D eigenvalue weighted by Crippen LogP contribution is -2.23. The molecule has 6 aliphatic rings. The Morgan fingerprint density at radius 1 is 0.258 bits per heavy atom. The summed E-state index contributed by atoms with van der Waals surface area (Å²) >= 11 is 0. The van der Waals surface area contributed by atoms with E-state index < -0.39 is 70.8 Å². The van der Waals surface area contributed by atoms with Crippen LogP contribution in [0.15, 0.2) is 140 Å². The third-order valence-electron chi connectivity index (χ3n) is 20.2. The van der Waals surface area contributed by atoms with Gasteiger partial charge >= 0.3 is 17.9 Å². The molecular weight excluding hydrogens is 1180 g/mol. The van der Waals surface area contributed by atoms with E-state index in [1.54, 1.807) is 41.5 Å². The van der Waals surface area contributed by atoms with E-state index in [-0.39, 0.29) is 36.1 Å². The van der Waals surface area contributed by atoms with E-state index >= 15 is 0 Å². The van der Waals surface area contributed by atoms with Gasteiger partial charge in [-0.1, -0.05) is 114 Å². The summed E-state index contributed by atoms with van der Waals surface area (Å²) in [4.78, 5) is 33.7. The van der Waals surface area contributed by atoms with Crippen LogP contribution in [0.3, 0.4) is 0 Å². The number of carboxylic acids is 3. The van der Waals surface area contributed by atoms with Crippen molar-refractivity contribution in [3.8, 4) is 0 Å². The molecule has 12 N–H and O–H groups in total. The van der Waals surface area contributed by atoms with Gasteiger partial charge in [0.25, 0.3) is 0 Å². The van der Waals surface area contributed by atoms with Crippen LogP contribution in [0.2, 0.25) is 0 Å². The van der Waals surface area contributed by atoms with Crippen molar-refractivity contribution in [1.29, 1.82) is 0 Å². The van der Waals surface area contributed by atoms with Crippen LogP contribution in [0.4, 0.5) is 0 Å². The summed E-state index contributed by atoms with van der Waals surface area (Å²) in [5.74, 6) is -2.40. The van der Waals surface area contributed by atoms with Crippen molar-refractivity contribution in [2.24, 2.45) is 32.5 Å². The molecule has 0 aromatic carbocycles. The molecule has 0 aromatic rings. The first-order valence-corrected chi connectivity index (χ1v) is 34.4. The largest absolute Gasteiger partial charge is 0.481 e. The second kappa shape index (κ2) is 36.3. The number of rotatable bonds is 39. The molecule has 0 fully saturated rings. The lowest BCUT2D eigenvalue weighted by atomic mass is 9.86. The van der Waals surface area contributed by atoms with E-state index in [1.807, 2.05) is 86.8 Å². The average Bonchev–Trinajstić information content (AvgIpc) is 1.78. The molecule has 6 atom stereocenters. The summed E-state index contributed by atoms with van der Waals surface area (Å²) < 4.78 is 0. The van der Waals surface area contributed by atoms with Crippen molar-refractivity contribution >= 4 is 17.9 Å². The fourth-order valence-electron chi connectivity index (χ4n) is 12.4. The molecule has 0 radical (unpaired) electrons. The second-order valence-corrected chi connectivity index (χ2v) is 31.5. The molecule has 0 spiro atoms. The quantitative estimate of drug-likeness (QED) is 0.0272. The van der Waals surface area contributed by atoms with Crippen molar-refractivity contribution in [1.82, 2.24) is 0 Å².